The van der Waals surface area contributed by atoms with Crippen LogP contribution >= 0.6 is 11.8 Å². The summed E-state index contributed by atoms with van der Waals surface area (Å²) in [5, 5.41) is 4.54. The van der Waals surface area contributed by atoms with Crippen molar-refractivity contribution in [3.05, 3.63) is 0 Å². The molecule has 1 fully saturated rings. The predicted octanol–water partition coefficient (Wildman–Crippen LogP) is 3.83. The van der Waals surface area contributed by atoms with Gasteiger partial charge in [0.15, 0.2) is 0 Å². The van der Waals surface area contributed by atoms with Gasteiger partial charge in [-0.2, -0.15) is 11.8 Å². The highest BCUT2D eigenvalue weighted by atomic mass is 32.2. The molecule has 0 spiro atoms. The van der Waals surface area contributed by atoms with Gasteiger partial charge in [0.2, 0.25) is 0 Å². The summed E-state index contributed by atoms with van der Waals surface area (Å²) in [6, 6.07) is 0.592. The third-order valence-corrected chi connectivity index (χ3v) is 4.83. The minimum atomic E-state index is 0.592. The second-order valence-corrected chi connectivity index (χ2v) is 6.21. The Balaban J connectivity index is 2.22. The van der Waals surface area contributed by atoms with Gasteiger partial charge in [-0.25, -0.2) is 0 Å². The normalized spacial score (nSPS) is 18.5. The first kappa shape index (κ1) is 14.9. The molecule has 0 aromatic carbocycles. The minimum Gasteiger partial charge on any atom is -0.312 e. The highest BCUT2D eigenvalue weighted by Gasteiger charge is 2.15. The SMILES string of the molecule is CC#CCC(CSC1CCCCC1)NCCC. The van der Waals surface area contributed by atoms with Gasteiger partial charge in [0.1, 0.15) is 0 Å². The topological polar surface area (TPSA) is 12.0 Å². The van der Waals surface area contributed by atoms with Crippen LogP contribution in [0.4, 0.5) is 0 Å². The Morgan fingerprint density at radius 2 is 2.06 bits per heavy atom. The zero-order valence-corrected chi connectivity index (χ0v) is 12.2. The van der Waals surface area contributed by atoms with Gasteiger partial charge >= 0.3 is 0 Å². The molecule has 0 saturated heterocycles. The Morgan fingerprint density at radius 3 is 2.71 bits per heavy atom. The average molecular weight is 253 g/mol. The van der Waals surface area contributed by atoms with Crippen LogP contribution in [0, 0.1) is 11.8 Å². The Hall–Kier alpha value is -0.130. The molecule has 0 bridgehead atoms. The molecule has 1 nitrogen and oxygen atoms in total. The van der Waals surface area contributed by atoms with Crippen molar-refractivity contribution in [1.29, 1.82) is 0 Å². The first-order valence-electron chi connectivity index (χ1n) is 7.11. The van der Waals surface area contributed by atoms with E-state index in [1.165, 1.54) is 44.3 Å². The Bertz CT molecular complexity index is 235. The largest absolute Gasteiger partial charge is 0.312 e. The van der Waals surface area contributed by atoms with Crippen molar-refractivity contribution >= 4 is 11.8 Å². The van der Waals surface area contributed by atoms with Crippen molar-refractivity contribution in [2.24, 2.45) is 0 Å². The third kappa shape index (κ3) is 7.01. The van der Waals surface area contributed by atoms with Gasteiger partial charge in [-0.15, -0.1) is 11.8 Å². The lowest BCUT2D eigenvalue weighted by molar-refractivity contribution is 0.512. The fourth-order valence-corrected chi connectivity index (χ4v) is 3.65. The van der Waals surface area contributed by atoms with Crippen molar-refractivity contribution in [2.45, 2.75) is 70.1 Å². The maximum absolute atomic E-state index is 3.62. The molecule has 1 aliphatic carbocycles. The number of hydrogen-bond donors (Lipinski definition) is 1. The van der Waals surface area contributed by atoms with Gasteiger partial charge in [0, 0.05) is 23.5 Å². The Morgan fingerprint density at radius 1 is 1.29 bits per heavy atom. The van der Waals surface area contributed by atoms with E-state index in [1.54, 1.807) is 0 Å². The van der Waals surface area contributed by atoms with Crippen LogP contribution in [0.15, 0.2) is 0 Å². The lowest BCUT2D eigenvalue weighted by atomic mass is 10.0. The van der Waals surface area contributed by atoms with E-state index in [0.717, 1.165) is 18.2 Å². The van der Waals surface area contributed by atoms with E-state index in [4.69, 9.17) is 0 Å². The van der Waals surface area contributed by atoms with Crippen LogP contribution < -0.4 is 5.32 Å². The molecule has 0 amide bonds. The Kier molecular flexibility index (Phi) is 8.65. The molecule has 0 aromatic rings. The quantitative estimate of drug-likeness (QED) is 0.692. The van der Waals surface area contributed by atoms with Crippen molar-refractivity contribution in [1.82, 2.24) is 5.32 Å². The van der Waals surface area contributed by atoms with Crippen LogP contribution in [0.2, 0.25) is 0 Å². The zero-order valence-electron chi connectivity index (χ0n) is 11.4. The highest BCUT2D eigenvalue weighted by molar-refractivity contribution is 7.99. The molecule has 1 saturated carbocycles. The molecule has 1 atom stereocenters. The van der Waals surface area contributed by atoms with E-state index in [-0.39, 0.29) is 0 Å². The molecule has 1 aliphatic rings. The van der Waals surface area contributed by atoms with Crippen LogP contribution in [0.1, 0.15) is 58.8 Å². The van der Waals surface area contributed by atoms with Crippen molar-refractivity contribution < 1.29 is 0 Å². The average Bonchev–Trinajstić information content (AvgIpc) is 2.39. The molecule has 0 radical (unpaired) electrons. The van der Waals surface area contributed by atoms with Gasteiger partial charge in [-0.05, 0) is 32.7 Å². The summed E-state index contributed by atoms with van der Waals surface area (Å²) in [6.45, 7) is 5.29. The third-order valence-electron chi connectivity index (χ3n) is 3.29. The van der Waals surface area contributed by atoms with Gasteiger partial charge in [-0.3, -0.25) is 0 Å². The van der Waals surface area contributed by atoms with Crippen molar-refractivity contribution in [3.8, 4) is 11.8 Å². The molecule has 98 valence electrons. The van der Waals surface area contributed by atoms with Crippen LogP contribution in [-0.2, 0) is 0 Å². The standard InChI is InChI=1S/C15H27NS/c1-3-5-9-14(16-12-4-2)13-17-15-10-7-6-8-11-15/h14-16H,4,6-13H2,1-2H3. The fourth-order valence-electron chi connectivity index (χ4n) is 2.25. The monoisotopic (exact) mass is 253 g/mol. The number of nitrogens with one attached hydrogen (secondary N) is 1. The van der Waals surface area contributed by atoms with Gasteiger partial charge in [0.25, 0.3) is 0 Å². The molecular weight excluding hydrogens is 226 g/mol. The summed E-state index contributed by atoms with van der Waals surface area (Å²) in [4.78, 5) is 0. The molecule has 1 rings (SSSR count). The fraction of sp³-hybridized carbons (Fsp3) is 0.867. The van der Waals surface area contributed by atoms with Crippen molar-refractivity contribution in [3.63, 3.8) is 0 Å². The van der Waals surface area contributed by atoms with E-state index in [1.807, 2.05) is 6.92 Å². The van der Waals surface area contributed by atoms with Gasteiger partial charge in [0.05, 0.1) is 0 Å². The van der Waals surface area contributed by atoms with Crippen LogP contribution in [0.3, 0.4) is 0 Å². The second kappa shape index (κ2) is 9.85. The van der Waals surface area contributed by atoms with Crippen LogP contribution in [0.5, 0.6) is 0 Å². The summed E-state index contributed by atoms with van der Waals surface area (Å²) < 4.78 is 0. The van der Waals surface area contributed by atoms with Crippen LogP contribution in [-0.4, -0.2) is 23.6 Å². The molecule has 1 N–H and O–H groups in total. The zero-order chi connectivity index (χ0) is 12.3. The number of hydrogen-bond acceptors (Lipinski definition) is 2. The van der Waals surface area contributed by atoms with Crippen molar-refractivity contribution in [2.75, 3.05) is 12.3 Å². The maximum atomic E-state index is 3.62. The minimum absolute atomic E-state index is 0.592. The number of thioether (sulfide) groups is 1. The predicted molar refractivity (Wildman–Crippen MR) is 79.5 cm³/mol. The van der Waals surface area contributed by atoms with E-state index < -0.39 is 0 Å². The molecular formula is C15H27NS. The molecule has 0 aromatic heterocycles. The molecule has 0 aliphatic heterocycles. The van der Waals surface area contributed by atoms with Gasteiger partial charge in [-0.1, -0.05) is 26.2 Å². The summed E-state index contributed by atoms with van der Waals surface area (Å²) in [6.07, 6.45) is 9.43. The first-order chi connectivity index (χ1) is 8.36. The van der Waals surface area contributed by atoms with Gasteiger partial charge < -0.3 is 5.32 Å². The van der Waals surface area contributed by atoms with E-state index in [9.17, 15) is 0 Å². The summed E-state index contributed by atoms with van der Waals surface area (Å²) in [7, 11) is 0. The second-order valence-electron chi connectivity index (χ2n) is 4.88. The molecule has 1 unspecified atom stereocenters. The van der Waals surface area contributed by atoms with Crippen LogP contribution in [0.25, 0.3) is 0 Å². The molecule has 2 heteroatoms. The summed E-state index contributed by atoms with van der Waals surface area (Å²) in [5.74, 6) is 7.47. The molecule has 17 heavy (non-hydrogen) atoms. The lowest BCUT2D eigenvalue weighted by Crippen LogP contribution is -2.32. The summed E-state index contributed by atoms with van der Waals surface area (Å²) in [5.41, 5.74) is 0. The Labute approximate surface area is 112 Å². The van der Waals surface area contributed by atoms with E-state index in [2.05, 4.69) is 35.8 Å². The maximum Gasteiger partial charge on any atom is 0.0267 e. The highest BCUT2D eigenvalue weighted by Crippen LogP contribution is 2.28. The molecule has 0 heterocycles. The number of rotatable bonds is 7. The first-order valence-corrected chi connectivity index (χ1v) is 8.16. The van der Waals surface area contributed by atoms with E-state index >= 15 is 0 Å². The van der Waals surface area contributed by atoms with E-state index in [0.29, 0.717) is 6.04 Å². The lowest BCUT2D eigenvalue weighted by Gasteiger charge is -2.23. The smallest absolute Gasteiger partial charge is 0.0267 e. The summed E-state index contributed by atoms with van der Waals surface area (Å²) >= 11 is 2.18.